The van der Waals surface area contributed by atoms with E-state index in [4.69, 9.17) is 18.9 Å². The summed E-state index contributed by atoms with van der Waals surface area (Å²) in [6, 6.07) is 83.7. The molecule has 0 radical (unpaired) electrons. The number of amides is 1. The quantitative estimate of drug-likeness (QED) is 0.0511. The molecule has 0 atom stereocenters. The Bertz CT molecular complexity index is 3390. The number of likely N-dealkylation sites (tertiary alicyclic amines) is 2. The van der Waals surface area contributed by atoms with Crippen LogP contribution in [0.3, 0.4) is 0 Å². The zero-order valence-electron chi connectivity index (χ0n) is 50.8. The Morgan fingerprint density at radius 2 is 0.793 bits per heavy atom. The van der Waals surface area contributed by atoms with Gasteiger partial charge in [0.1, 0.15) is 26.4 Å². The van der Waals surface area contributed by atoms with Crippen LogP contribution in [0.4, 0.5) is 0 Å². The van der Waals surface area contributed by atoms with Crippen LogP contribution in [0.5, 0.6) is 23.0 Å². The highest BCUT2D eigenvalue weighted by Crippen LogP contribution is 2.34. The fourth-order valence-corrected chi connectivity index (χ4v) is 11.5. The van der Waals surface area contributed by atoms with E-state index in [1.54, 1.807) is 0 Å². The summed E-state index contributed by atoms with van der Waals surface area (Å²) >= 11 is 0. The number of nitrogens with zero attached hydrogens (tertiary/aromatic N) is 3. The van der Waals surface area contributed by atoms with Crippen LogP contribution in [0, 0.1) is 0 Å². The highest BCUT2D eigenvalue weighted by atomic mass is 16.5. The van der Waals surface area contributed by atoms with Crippen molar-refractivity contribution in [1.82, 2.24) is 20.0 Å². The second-order valence-electron chi connectivity index (χ2n) is 23.2. The Kier molecular flexibility index (Phi) is 23.7. The van der Waals surface area contributed by atoms with Gasteiger partial charge in [-0.2, -0.15) is 0 Å². The van der Waals surface area contributed by atoms with Crippen molar-refractivity contribution in [2.24, 2.45) is 0 Å². The van der Waals surface area contributed by atoms with Gasteiger partial charge in [-0.25, -0.2) is 0 Å². The molecule has 0 spiro atoms. The topological polar surface area (TPSA) is 75.7 Å². The number of unbranched alkanes of at least 4 members (excludes halogenated alkanes) is 2. The number of benzene rings is 9. The van der Waals surface area contributed by atoms with Crippen molar-refractivity contribution in [2.45, 2.75) is 123 Å². The summed E-state index contributed by atoms with van der Waals surface area (Å²) in [5.41, 5.74) is 11.5. The lowest BCUT2D eigenvalue weighted by atomic mass is 9.99. The maximum Gasteiger partial charge on any atom is 0.254 e. The molecule has 9 nitrogen and oxygen atoms in total. The average Bonchev–Trinajstić information content (AvgIpc) is 3.49. The Hall–Kier alpha value is -8.47. The van der Waals surface area contributed by atoms with E-state index in [0.717, 1.165) is 110 Å². The fraction of sp³-hybridized carbons (Fsp3) is 0.295. The molecule has 9 aromatic rings. The number of aryl methyl sites for hydroxylation is 1. The van der Waals surface area contributed by atoms with Gasteiger partial charge in [0.2, 0.25) is 0 Å². The van der Waals surface area contributed by atoms with E-state index in [2.05, 4.69) is 173 Å². The van der Waals surface area contributed by atoms with Crippen LogP contribution in [0.1, 0.15) is 112 Å². The van der Waals surface area contributed by atoms with Gasteiger partial charge in [0.05, 0.1) is 0 Å². The SMILES string of the molecule is CCCCCc1ccc(C(=O)N(Cc2ccc(OCc3ccccc3)c(OCc3ccccc3)c2)C2CCN(Cc3ccccc3)CC2)cc1.c1ccc(COc2ccc(CNC3CCN(Cc4ccccc4)CC3)cc2OCc2ccccc2)cc1. The van der Waals surface area contributed by atoms with Crippen molar-refractivity contribution in [3.63, 3.8) is 0 Å². The smallest absolute Gasteiger partial charge is 0.254 e. The third kappa shape index (κ3) is 19.8. The second kappa shape index (κ2) is 33.4. The van der Waals surface area contributed by atoms with Gasteiger partial charge in [0, 0.05) is 56.9 Å². The third-order valence-corrected chi connectivity index (χ3v) is 16.5. The molecule has 87 heavy (non-hydrogen) atoms. The lowest BCUT2D eigenvalue weighted by molar-refractivity contribution is 0.0542. The summed E-state index contributed by atoms with van der Waals surface area (Å²) in [5, 5.41) is 3.78. The summed E-state index contributed by atoms with van der Waals surface area (Å²) in [6.07, 6.45) is 8.87. The number of carbonyl (C=O) groups excluding carboxylic acids is 1. The van der Waals surface area contributed by atoms with Crippen LogP contribution in [0.15, 0.2) is 243 Å². The molecular formula is C78H86N4O5. The largest absolute Gasteiger partial charge is 0.485 e. The van der Waals surface area contributed by atoms with Gasteiger partial charge in [0.25, 0.3) is 5.91 Å². The predicted molar refractivity (Wildman–Crippen MR) is 352 cm³/mol. The number of hydrogen-bond acceptors (Lipinski definition) is 8. The molecule has 2 saturated heterocycles. The maximum absolute atomic E-state index is 14.4. The predicted octanol–water partition coefficient (Wildman–Crippen LogP) is 16.5. The standard InChI is InChI=1S/C45H50N2O3.C33H36N2O2/c1-2-3-7-14-36-21-24-41(25-22-36)45(48)47(42-27-29-46(30-28-42)32-37-15-8-4-9-16-37)33-40-23-26-43(49-34-38-17-10-5-11-18-38)44(31-40)50-35-39-19-12-6-13-20-39;1-4-10-27(11-5-1)24-35-20-18-31(19-21-35)34-23-30-16-17-32(36-25-28-12-6-2-7-13-28)33(22-30)37-26-29-14-8-3-9-15-29/h4-6,8-13,15-26,31,42H,2-3,7,14,27-30,32-35H2,1H3;1-17,22,31,34H,18-21,23-26H2. The van der Waals surface area contributed by atoms with Gasteiger partial charge in [-0.15, -0.1) is 0 Å². The van der Waals surface area contributed by atoms with Crippen molar-refractivity contribution in [2.75, 3.05) is 26.2 Å². The Morgan fingerprint density at radius 1 is 0.414 bits per heavy atom. The van der Waals surface area contributed by atoms with Gasteiger partial charge in [-0.1, -0.05) is 226 Å². The van der Waals surface area contributed by atoms with E-state index in [-0.39, 0.29) is 11.9 Å². The molecule has 2 fully saturated rings. The molecule has 2 heterocycles. The van der Waals surface area contributed by atoms with Crippen LogP contribution in [0.2, 0.25) is 0 Å². The first-order valence-electron chi connectivity index (χ1n) is 31.5. The molecule has 0 saturated carbocycles. The third-order valence-electron chi connectivity index (χ3n) is 16.5. The second-order valence-corrected chi connectivity index (χ2v) is 23.2. The highest BCUT2D eigenvalue weighted by Gasteiger charge is 2.30. The molecule has 2 aliphatic heterocycles. The molecule has 11 rings (SSSR count). The normalized spacial score (nSPS) is 13.9. The van der Waals surface area contributed by atoms with Crippen molar-refractivity contribution in [3.8, 4) is 23.0 Å². The van der Waals surface area contributed by atoms with Gasteiger partial charge < -0.3 is 29.2 Å². The van der Waals surface area contributed by atoms with Crippen LogP contribution in [-0.4, -0.2) is 58.9 Å². The summed E-state index contributed by atoms with van der Waals surface area (Å²) in [4.78, 5) is 21.5. The molecule has 9 heteroatoms. The van der Waals surface area contributed by atoms with Crippen LogP contribution in [-0.2, 0) is 59.0 Å². The van der Waals surface area contributed by atoms with E-state index in [9.17, 15) is 4.79 Å². The van der Waals surface area contributed by atoms with Crippen molar-refractivity contribution in [1.29, 1.82) is 0 Å². The number of carbonyl (C=O) groups is 1. The van der Waals surface area contributed by atoms with E-state index < -0.39 is 0 Å². The van der Waals surface area contributed by atoms with E-state index in [1.165, 1.54) is 54.4 Å². The Labute approximate surface area is 517 Å². The van der Waals surface area contributed by atoms with E-state index >= 15 is 0 Å². The van der Waals surface area contributed by atoms with Gasteiger partial charge >= 0.3 is 0 Å². The zero-order chi connectivity index (χ0) is 59.5. The Balaban J connectivity index is 0.000000201. The summed E-state index contributed by atoms with van der Waals surface area (Å²) in [7, 11) is 0. The number of rotatable bonds is 27. The molecule has 0 unspecified atom stereocenters. The van der Waals surface area contributed by atoms with Crippen molar-refractivity contribution < 1.29 is 23.7 Å². The molecule has 2 aliphatic rings. The summed E-state index contributed by atoms with van der Waals surface area (Å²) in [5.74, 6) is 3.03. The molecule has 1 amide bonds. The summed E-state index contributed by atoms with van der Waals surface area (Å²) in [6.45, 7) is 11.6. The van der Waals surface area contributed by atoms with Crippen molar-refractivity contribution >= 4 is 5.91 Å². The van der Waals surface area contributed by atoms with Gasteiger partial charge in [-0.3, -0.25) is 14.6 Å². The number of piperidine rings is 2. The molecule has 1 N–H and O–H groups in total. The zero-order valence-corrected chi connectivity index (χ0v) is 50.8. The first-order chi connectivity index (χ1) is 43.0. The molecule has 0 aliphatic carbocycles. The van der Waals surface area contributed by atoms with E-state index in [0.29, 0.717) is 50.5 Å². The first-order valence-corrected chi connectivity index (χ1v) is 31.5. The molecule has 9 aromatic carbocycles. The van der Waals surface area contributed by atoms with E-state index in [1.807, 2.05) is 97.1 Å². The molecule has 0 bridgehead atoms. The molecule has 448 valence electrons. The number of ether oxygens (including phenoxy) is 4. The molecule has 0 aromatic heterocycles. The Morgan fingerprint density at radius 3 is 1.23 bits per heavy atom. The monoisotopic (exact) mass is 1160 g/mol. The first kappa shape index (κ1) is 61.6. The minimum atomic E-state index is 0.0859. The average molecular weight is 1160 g/mol. The number of nitrogens with one attached hydrogen (secondary N) is 1. The number of hydrogen-bond donors (Lipinski definition) is 1. The van der Waals surface area contributed by atoms with Gasteiger partial charge in [-0.05, 0) is 138 Å². The lowest BCUT2D eigenvalue weighted by Gasteiger charge is -2.39. The molecular weight excluding hydrogens is 1070 g/mol. The van der Waals surface area contributed by atoms with Gasteiger partial charge in [0.15, 0.2) is 23.0 Å². The van der Waals surface area contributed by atoms with Crippen LogP contribution in [0.25, 0.3) is 0 Å². The fourth-order valence-electron chi connectivity index (χ4n) is 11.5. The van der Waals surface area contributed by atoms with Crippen LogP contribution >= 0.6 is 0 Å². The maximum atomic E-state index is 14.4. The summed E-state index contributed by atoms with van der Waals surface area (Å²) < 4.78 is 25.1. The minimum Gasteiger partial charge on any atom is -0.485 e. The van der Waals surface area contributed by atoms with Crippen LogP contribution < -0.4 is 24.3 Å². The highest BCUT2D eigenvalue weighted by molar-refractivity contribution is 5.94. The lowest BCUT2D eigenvalue weighted by Crippen LogP contribution is -2.46. The van der Waals surface area contributed by atoms with Crippen molar-refractivity contribution in [3.05, 3.63) is 298 Å². The minimum absolute atomic E-state index is 0.0859.